The van der Waals surface area contributed by atoms with Crippen molar-refractivity contribution < 1.29 is 13.2 Å². The molecule has 1 heterocycles. The van der Waals surface area contributed by atoms with Crippen LogP contribution in [0.25, 0.3) is 0 Å². The van der Waals surface area contributed by atoms with E-state index in [0.29, 0.717) is 12.5 Å². The molecule has 1 aromatic rings. The van der Waals surface area contributed by atoms with E-state index in [1.54, 1.807) is 11.0 Å². The van der Waals surface area contributed by atoms with Crippen molar-refractivity contribution in [2.75, 3.05) is 5.75 Å². The molecule has 1 aliphatic carbocycles. The van der Waals surface area contributed by atoms with Crippen molar-refractivity contribution in [3.8, 4) is 0 Å². The van der Waals surface area contributed by atoms with E-state index in [0.717, 1.165) is 31.2 Å². The van der Waals surface area contributed by atoms with Crippen LogP contribution in [-0.4, -0.2) is 31.0 Å². The maximum Gasteiger partial charge on any atom is 0.226 e. The van der Waals surface area contributed by atoms with Gasteiger partial charge in [0.05, 0.1) is 11.8 Å². The Bertz CT molecular complexity index is 785. The van der Waals surface area contributed by atoms with Gasteiger partial charge >= 0.3 is 0 Å². The standard InChI is InChI=1S/C22H31NO3S/c1-22(2,3)19-11-9-18(10-12-19)21(24)23(15-17-7-5-4-6-8-17)20-13-14-27(25,26)16-20/h4-8,13-14,18-20H,9-12,15-16H2,1-3H3. The van der Waals surface area contributed by atoms with Crippen molar-refractivity contribution in [3.63, 3.8) is 0 Å². The van der Waals surface area contributed by atoms with E-state index in [-0.39, 0.29) is 29.0 Å². The lowest BCUT2D eigenvalue weighted by Crippen LogP contribution is -2.44. The van der Waals surface area contributed by atoms with Crippen molar-refractivity contribution >= 4 is 15.7 Å². The highest BCUT2D eigenvalue weighted by Gasteiger charge is 2.37. The first-order valence-corrected chi connectivity index (χ1v) is 11.6. The Hall–Kier alpha value is -1.62. The molecule has 2 aliphatic rings. The molecule has 148 valence electrons. The number of nitrogens with zero attached hydrogens (tertiary/aromatic N) is 1. The summed E-state index contributed by atoms with van der Waals surface area (Å²) >= 11 is 0. The maximum atomic E-state index is 13.4. The highest BCUT2D eigenvalue weighted by atomic mass is 32.2. The Balaban J connectivity index is 1.74. The first-order chi connectivity index (χ1) is 12.7. The molecular formula is C22H31NO3S. The van der Waals surface area contributed by atoms with Gasteiger partial charge in [-0.15, -0.1) is 0 Å². The Morgan fingerprint density at radius 1 is 1.07 bits per heavy atom. The molecule has 4 nitrogen and oxygen atoms in total. The van der Waals surface area contributed by atoms with Crippen LogP contribution >= 0.6 is 0 Å². The number of carbonyl (C=O) groups is 1. The molecule has 1 amide bonds. The van der Waals surface area contributed by atoms with Crippen molar-refractivity contribution in [1.82, 2.24) is 4.90 Å². The Morgan fingerprint density at radius 2 is 1.70 bits per heavy atom. The van der Waals surface area contributed by atoms with Crippen molar-refractivity contribution in [1.29, 1.82) is 0 Å². The summed E-state index contributed by atoms with van der Waals surface area (Å²) in [6, 6.07) is 9.47. The minimum atomic E-state index is -3.20. The number of hydrogen-bond acceptors (Lipinski definition) is 3. The monoisotopic (exact) mass is 389 g/mol. The highest BCUT2D eigenvalue weighted by Crippen LogP contribution is 2.40. The number of hydrogen-bond donors (Lipinski definition) is 0. The minimum absolute atomic E-state index is 0.00289. The normalized spacial score (nSPS) is 27.4. The van der Waals surface area contributed by atoms with Gasteiger partial charge in [0.2, 0.25) is 5.91 Å². The number of sulfone groups is 1. The lowest BCUT2D eigenvalue weighted by atomic mass is 9.69. The number of amides is 1. The van der Waals surface area contributed by atoms with Crippen molar-refractivity contribution in [3.05, 3.63) is 47.4 Å². The van der Waals surface area contributed by atoms with Gasteiger partial charge in [-0.3, -0.25) is 4.79 Å². The second-order valence-electron chi connectivity index (χ2n) is 9.09. The molecule has 1 aromatic carbocycles. The van der Waals surface area contributed by atoms with Crippen LogP contribution in [-0.2, 0) is 21.2 Å². The Morgan fingerprint density at radius 3 is 2.22 bits per heavy atom. The third kappa shape index (κ3) is 5.01. The molecular weight excluding hydrogens is 358 g/mol. The summed E-state index contributed by atoms with van der Waals surface area (Å²) in [4.78, 5) is 15.1. The van der Waals surface area contributed by atoms with E-state index in [2.05, 4.69) is 20.8 Å². The average Bonchev–Trinajstić information content (AvgIpc) is 2.99. The molecule has 0 radical (unpaired) electrons. The minimum Gasteiger partial charge on any atom is -0.331 e. The topological polar surface area (TPSA) is 54.5 Å². The third-order valence-corrected chi connectivity index (χ3v) is 7.47. The lowest BCUT2D eigenvalue weighted by Gasteiger charge is -2.39. The molecule has 0 saturated heterocycles. The molecule has 1 atom stereocenters. The molecule has 1 aliphatic heterocycles. The predicted octanol–water partition coefficient (Wildman–Crippen LogP) is 4.18. The van der Waals surface area contributed by atoms with E-state index in [4.69, 9.17) is 0 Å². The molecule has 5 heteroatoms. The molecule has 0 N–H and O–H groups in total. The van der Waals surface area contributed by atoms with Crippen LogP contribution in [0.1, 0.15) is 52.0 Å². The van der Waals surface area contributed by atoms with Crippen LogP contribution in [0.4, 0.5) is 0 Å². The van der Waals surface area contributed by atoms with Crippen LogP contribution in [0.5, 0.6) is 0 Å². The van der Waals surface area contributed by atoms with Crippen LogP contribution in [0.15, 0.2) is 41.8 Å². The summed E-state index contributed by atoms with van der Waals surface area (Å²) in [5.74, 6) is 0.765. The van der Waals surface area contributed by atoms with Gasteiger partial charge in [0.1, 0.15) is 0 Å². The molecule has 1 saturated carbocycles. The van der Waals surface area contributed by atoms with Gasteiger partial charge < -0.3 is 4.90 Å². The fourth-order valence-electron chi connectivity index (χ4n) is 4.33. The molecule has 0 bridgehead atoms. The first-order valence-electron chi connectivity index (χ1n) is 9.91. The molecule has 1 unspecified atom stereocenters. The number of carbonyl (C=O) groups excluding carboxylic acids is 1. The van der Waals surface area contributed by atoms with Gasteiger partial charge in [-0.2, -0.15) is 0 Å². The summed E-state index contributed by atoms with van der Waals surface area (Å²) < 4.78 is 23.9. The largest absolute Gasteiger partial charge is 0.331 e. The van der Waals surface area contributed by atoms with Crippen LogP contribution in [0.2, 0.25) is 0 Å². The SMILES string of the molecule is CC(C)(C)C1CCC(C(=O)N(Cc2ccccc2)C2C=CS(=O)(=O)C2)CC1. The van der Waals surface area contributed by atoms with E-state index in [1.807, 2.05) is 30.3 Å². The zero-order valence-corrected chi connectivity index (χ0v) is 17.4. The van der Waals surface area contributed by atoms with E-state index in [9.17, 15) is 13.2 Å². The van der Waals surface area contributed by atoms with Crippen LogP contribution in [0.3, 0.4) is 0 Å². The quantitative estimate of drug-likeness (QED) is 0.776. The smallest absolute Gasteiger partial charge is 0.226 e. The second kappa shape index (κ2) is 7.78. The summed E-state index contributed by atoms with van der Waals surface area (Å²) in [5.41, 5.74) is 1.31. The van der Waals surface area contributed by atoms with Gasteiger partial charge in [0, 0.05) is 17.9 Å². The zero-order valence-electron chi connectivity index (χ0n) is 16.6. The van der Waals surface area contributed by atoms with Crippen molar-refractivity contribution in [2.45, 2.75) is 59.0 Å². The van der Waals surface area contributed by atoms with Gasteiger partial charge in [-0.25, -0.2) is 8.42 Å². The van der Waals surface area contributed by atoms with E-state index in [1.165, 1.54) is 5.41 Å². The zero-order chi connectivity index (χ0) is 19.7. The Labute approximate surface area is 163 Å². The summed E-state index contributed by atoms with van der Waals surface area (Å²) in [7, 11) is -3.20. The van der Waals surface area contributed by atoms with Gasteiger partial charge in [-0.05, 0) is 48.7 Å². The predicted molar refractivity (Wildman–Crippen MR) is 109 cm³/mol. The molecule has 1 fully saturated rings. The second-order valence-corrected chi connectivity index (χ2v) is 11.0. The summed E-state index contributed by atoms with van der Waals surface area (Å²) in [5, 5.41) is 1.26. The fraction of sp³-hybridized carbons (Fsp3) is 0.591. The highest BCUT2D eigenvalue weighted by molar-refractivity contribution is 7.94. The van der Waals surface area contributed by atoms with Gasteiger partial charge in [-0.1, -0.05) is 51.1 Å². The third-order valence-electron chi connectivity index (χ3n) is 6.09. The average molecular weight is 390 g/mol. The molecule has 3 rings (SSSR count). The Kier molecular flexibility index (Phi) is 5.80. The van der Waals surface area contributed by atoms with Gasteiger partial charge in [0.15, 0.2) is 9.84 Å². The summed E-state index contributed by atoms with van der Waals surface area (Å²) in [6.45, 7) is 7.28. The molecule has 27 heavy (non-hydrogen) atoms. The molecule has 0 aromatic heterocycles. The summed E-state index contributed by atoms with van der Waals surface area (Å²) in [6.07, 6.45) is 5.61. The number of rotatable bonds is 4. The first kappa shape index (κ1) is 20.1. The van der Waals surface area contributed by atoms with Gasteiger partial charge in [0.25, 0.3) is 0 Å². The van der Waals surface area contributed by atoms with E-state index < -0.39 is 9.84 Å². The molecule has 0 spiro atoms. The lowest BCUT2D eigenvalue weighted by molar-refractivity contribution is -0.139. The number of benzene rings is 1. The fourth-order valence-corrected chi connectivity index (χ4v) is 5.63. The van der Waals surface area contributed by atoms with Crippen LogP contribution < -0.4 is 0 Å². The maximum absolute atomic E-state index is 13.4. The van der Waals surface area contributed by atoms with Crippen LogP contribution in [0, 0.1) is 17.3 Å². The van der Waals surface area contributed by atoms with E-state index >= 15 is 0 Å². The van der Waals surface area contributed by atoms with Crippen molar-refractivity contribution in [2.24, 2.45) is 17.3 Å².